The van der Waals surface area contributed by atoms with Crippen LogP contribution in [0.15, 0.2) is 0 Å². The van der Waals surface area contributed by atoms with Crippen molar-refractivity contribution in [3.05, 3.63) is 0 Å². The molecule has 1 fully saturated rings. The fourth-order valence-electron chi connectivity index (χ4n) is 6.19. The predicted octanol–water partition coefficient (Wildman–Crippen LogP) is -3.23. The van der Waals surface area contributed by atoms with E-state index >= 15 is 0 Å². The molecule has 0 aromatic carbocycles. The molecule has 23 nitrogen and oxygen atoms in total. The van der Waals surface area contributed by atoms with Crippen LogP contribution in [0.5, 0.6) is 0 Å². The van der Waals surface area contributed by atoms with Gasteiger partial charge in [0, 0.05) is 37.1 Å². The summed E-state index contributed by atoms with van der Waals surface area (Å²) in [7, 11) is 0. The Morgan fingerprint density at radius 3 is 1.00 bits per heavy atom. The van der Waals surface area contributed by atoms with E-state index in [4.69, 9.17) is 42.1 Å². The average Bonchev–Trinajstić information content (AvgIpc) is 2.90. The van der Waals surface area contributed by atoms with Gasteiger partial charge in [-0.3, -0.25) is 57.9 Å². The zero-order chi connectivity index (χ0) is 39.7. The Morgan fingerprint density at radius 2 is 0.706 bits per heavy atom. The number of rotatable bonds is 24. The Bertz CT molecular complexity index is 1220. The first-order valence-electron chi connectivity index (χ1n) is 15.1. The van der Waals surface area contributed by atoms with Crippen molar-refractivity contribution >= 4 is 53.7 Å². The topological polar surface area (TPSA) is 397 Å². The smallest absolute Gasteiger partial charge is 0.317 e. The van der Waals surface area contributed by atoms with E-state index < -0.39 is 129 Å². The van der Waals surface area contributed by atoms with Gasteiger partial charge in [0.25, 0.3) is 0 Å². The van der Waals surface area contributed by atoms with Crippen molar-refractivity contribution in [2.75, 3.05) is 58.9 Å². The quantitative estimate of drug-likeness (QED) is 0.0463. The number of nitrogens with zero attached hydrogens (tertiary/aromatic N) is 3. The van der Waals surface area contributed by atoms with Gasteiger partial charge in [0.15, 0.2) is 0 Å². The second-order valence-electron chi connectivity index (χ2n) is 12.2. The van der Waals surface area contributed by atoms with Crippen LogP contribution in [-0.4, -0.2) is 184 Å². The molecule has 0 bridgehead atoms. The van der Waals surface area contributed by atoms with E-state index in [-0.39, 0.29) is 45.4 Å². The third kappa shape index (κ3) is 16.5. The second-order valence-corrected chi connectivity index (χ2v) is 12.2. The lowest BCUT2D eigenvalue weighted by Crippen LogP contribution is -2.76. The number of carboxylic acid groups (broad SMARTS) is 9. The maximum absolute atomic E-state index is 11.3. The predicted molar refractivity (Wildman–Crippen MR) is 167 cm³/mol. The van der Waals surface area contributed by atoms with Crippen molar-refractivity contribution < 1.29 is 89.1 Å². The highest BCUT2D eigenvalue weighted by Gasteiger charge is 2.63. The van der Waals surface area contributed by atoms with E-state index in [1.54, 1.807) is 0 Å². The normalized spacial score (nSPS) is 19.5. The standard InChI is InChI=1S/C14H23N3O10.C14H22N2O8/c18-10(19)5-15(1-3-16(6-11(20)21)7-12(22)23)2-4-17(8-13(24)25)9-14(26)27;15-13(6-10(21)22)3-1-2-12(4-8(17)18,5-9(19)20)14(13,16)7-11(23)24/h1-9H2,(H,18,19)(H,20,21)(H,22,23)(H,24,25)(H,26,27);1-7,15-16H2,(H,17,18)(H,19,20)(H,21,22)(H,23,24). The molecule has 0 amide bonds. The van der Waals surface area contributed by atoms with Gasteiger partial charge in [0.2, 0.25) is 0 Å². The van der Waals surface area contributed by atoms with Crippen LogP contribution in [0.3, 0.4) is 0 Å². The lowest BCUT2D eigenvalue weighted by molar-refractivity contribution is -0.159. The number of carboxylic acids is 9. The van der Waals surface area contributed by atoms with E-state index in [0.717, 1.165) is 9.80 Å². The van der Waals surface area contributed by atoms with Gasteiger partial charge in [-0.05, 0) is 12.8 Å². The summed E-state index contributed by atoms with van der Waals surface area (Å²) in [6, 6.07) is 0. The van der Waals surface area contributed by atoms with Crippen molar-refractivity contribution in [2.45, 2.75) is 56.0 Å². The molecule has 0 saturated heterocycles. The summed E-state index contributed by atoms with van der Waals surface area (Å²) in [6.45, 7) is -2.74. The number of hydrogen-bond donors (Lipinski definition) is 11. The Labute approximate surface area is 289 Å². The number of nitrogens with two attached hydrogens (primary N) is 2. The minimum atomic E-state index is -2.00. The molecule has 0 spiro atoms. The van der Waals surface area contributed by atoms with Gasteiger partial charge >= 0.3 is 53.7 Å². The first-order chi connectivity index (χ1) is 23.4. The SMILES string of the molecule is NC1(CC(=O)O)CCCC(CC(=O)O)(CC(=O)O)C1(N)CC(=O)O.O=C(O)CN(CCN(CC(=O)O)CC(=O)O)CCN(CC(=O)O)CC(=O)O. The Balaban J connectivity index is 0.000000986. The maximum atomic E-state index is 11.3. The molecule has 0 radical (unpaired) electrons. The summed E-state index contributed by atoms with van der Waals surface area (Å²) in [4.78, 5) is 103. The Kier molecular flexibility index (Phi) is 18.6. The van der Waals surface area contributed by atoms with E-state index in [0.29, 0.717) is 0 Å². The van der Waals surface area contributed by atoms with E-state index in [1.807, 2.05) is 0 Å². The Hall–Kier alpha value is -4.97. The molecule has 290 valence electrons. The van der Waals surface area contributed by atoms with Crippen molar-refractivity contribution in [1.29, 1.82) is 0 Å². The van der Waals surface area contributed by atoms with E-state index in [1.165, 1.54) is 4.90 Å². The van der Waals surface area contributed by atoms with Crippen LogP contribution in [0.4, 0.5) is 0 Å². The Morgan fingerprint density at radius 1 is 0.412 bits per heavy atom. The van der Waals surface area contributed by atoms with Crippen molar-refractivity contribution in [2.24, 2.45) is 16.9 Å². The molecule has 1 aliphatic rings. The molecule has 1 aliphatic carbocycles. The maximum Gasteiger partial charge on any atom is 0.317 e. The number of carbonyl (C=O) groups is 9. The molecular formula is C28H45N5O18. The second kappa shape index (κ2) is 20.6. The van der Waals surface area contributed by atoms with Gasteiger partial charge < -0.3 is 57.4 Å². The summed E-state index contributed by atoms with van der Waals surface area (Å²) in [5.74, 6) is -11.6. The van der Waals surface area contributed by atoms with Crippen molar-refractivity contribution in [3.63, 3.8) is 0 Å². The van der Waals surface area contributed by atoms with Crippen LogP contribution in [0, 0.1) is 5.41 Å². The molecule has 1 rings (SSSR count). The van der Waals surface area contributed by atoms with Gasteiger partial charge in [-0.1, -0.05) is 6.42 Å². The van der Waals surface area contributed by atoms with Gasteiger partial charge in [-0.25, -0.2) is 0 Å². The van der Waals surface area contributed by atoms with E-state index in [9.17, 15) is 58.5 Å². The molecule has 51 heavy (non-hydrogen) atoms. The molecule has 0 aromatic rings. The molecule has 0 aromatic heterocycles. The zero-order valence-electron chi connectivity index (χ0n) is 27.5. The minimum Gasteiger partial charge on any atom is -0.481 e. The monoisotopic (exact) mass is 739 g/mol. The summed E-state index contributed by atoms with van der Waals surface area (Å²) in [6.07, 6.45) is -2.57. The van der Waals surface area contributed by atoms with Crippen LogP contribution in [0.1, 0.15) is 44.9 Å². The van der Waals surface area contributed by atoms with Crippen LogP contribution >= 0.6 is 0 Å². The first kappa shape index (κ1) is 46.0. The average molecular weight is 740 g/mol. The fourth-order valence-corrected chi connectivity index (χ4v) is 6.19. The van der Waals surface area contributed by atoms with Gasteiger partial charge in [-0.2, -0.15) is 0 Å². The summed E-state index contributed by atoms with van der Waals surface area (Å²) >= 11 is 0. The summed E-state index contributed by atoms with van der Waals surface area (Å²) < 4.78 is 0. The highest BCUT2D eigenvalue weighted by Crippen LogP contribution is 2.54. The lowest BCUT2D eigenvalue weighted by atomic mass is 9.49. The fraction of sp³-hybridized carbons (Fsp3) is 0.679. The van der Waals surface area contributed by atoms with Crippen LogP contribution in [0.25, 0.3) is 0 Å². The van der Waals surface area contributed by atoms with Gasteiger partial charge in [0.1, 0.15) is 0 Å². The first-order valence-corrected chi connectivity index (χ1v) is 15.1. The van der Waals surface area contributed by atoms with Crippen LogP contribution < -0.4 is 11.5 Å². The largest absolute Gasteiger partial charge is 0.481 e. The van der Waals surface area contributed by atoms with Gasteiger partial charge in [-0.15, -0.1) is 0 Å². The highest BCUT2D eigenvalue weighted by atomic mass is 16.4. The lowest BCUT2D eigenvalue weighted by Gasteiger charge is -2.59. The summed E-state index contributed by atoms with van der Waals surface area (Å²) in [5.41, 5.74) is 7.03. The molecule has 2 atom stereocenters. The highest BCUT2D eigenvalue weighted by molar-refractivity contribution is 5.76. The van der Waals surface area contributed by atoms with E-state index in [2.05, 4.69) is 0 Å². The molecule has 23 heteroatoms. The third-order valence-electron chi connectivity index (χ3n) is 8.25. The minimum absolute atomic E-state index is 0.000836. The number of aliphatic carboxylic acids is 9. The molecular weight excluding hydrogens is 694 g/mol. The molecule has 2 unspecified atom stereocenters. The molecule has 13 N–H and O–H groups in total. The van der Waals surface area contributed by atoms with Crippen molar-refractivity contribution in [1.82, 2.24) is 14.7 Å². The van der Waals surface area contributed by atoms with Crippen LogP contribution in [-0.2, 0) is 43.2 Å². The molecule has 1 saturated carbocycles. The van der Waals surface area contributed by atoms with Crippen molar-refractivity contribution in [3.8, 4) is 0 Å². The van der Waals surface area contributed by atoms with Crippen LogP contribution in [0.2, 0.25) is 0 Å². The third-order valence-corrected chi connectivity index (χ3v) is 8.25. The number of hydrogen-bond acceptors (Lipinski definition) is 14. The zero-order valence-corrected chi connectivity index (χ0v) is 27.5. The molecule has 0 heterocycles. The summed E-state index contributed by atoms with van der Waals surface area (Å²) in [5, 5.41) is 80.9. The van der Waals surface area contributed by atoms with Gasteiger partial charge in [0.05, 0.1) is 63.9 Å². The molecule has 0 aliphatic heterocycles.